The zero-order valence-electron chi connectivity index (χ0n) is 18.5. The molecule has 164 valence electrons. The first kappa shape index (κ1) is 21.6. The zero-order valence-corrected chi connectivity index (χ0v) is 18.5. The van der Waals surface area contributed by atoms with Gasteiger partial charge in [-0.1, -0.05) is 48.5 Å². The minimum atomic E-state index is -0.237. The molecule has 1 atom stereocenters. The van der Waals surface area contributed by atoms with Gasteiger partial charge in [-0.25, -0.2) is 0 Å². The quantitative estimate of drug-likeness (QED) is 0.686. The predicted octanol–water partition coefficient (Wildman–Crippen LogP) is 3.77. The highest BCUT2D eigenvalue weighted by molar-refractivity contribution is 5.98. The molecule has 4 rings (SSSR count). The van der Waals surface area contributed by atoms with Gasteiger partial charge >= 0.3 is 0 Å². The fourth-order valence-electron chi connectivity index (χ4n) is 4.89. The number of hydrogen-bond acceptors (Lipinski definition) is 3. The summed E-state index contributed by atoms with van der Waals surface area (Å²) in [7, 11) is 1.78. The molecule has 31 heavy (non-hydrogen) atoms. The number of hydrogen-bond donors (Lipinski definition) is 0. The van der Waals surface area contributed by atoms with Gasteiger partial charge in [-0.2, -0.15) is 0 Å². The highest BCUT2D eigenvalue weighted by Gasteiger charge is 2.35. The lowest BCUT2D eigenvalue weighted by atomic mass is 9.89. The van der Waals surface area contributed by atoms with Crippen molar-refractivity contribution < 1.29 is 9.59 Å². The van der Waals surface area contributed by atoms with Crippen LogP contribution in [0.25, 0.3) is 0 Å². The highest BCUT2D eigenvalue weighted by Crippen LogP contribution is 2.28. The average Bonchev–Trinajstić information content (AvgIpc) is 3.16. The number of carbonyl (C=O) groups excluding carboxylic acids is 2. The summed E-state index contributed by atoms with van der Waals surface area (Å²) in [6.45, 7) is 4.44. The van der Waals surface area contributed by atoms with Gasteiger partial charge in [0.1, 0.15) is 0 Å². The van der Waals surface area contributed by atoms with E-state index in [9.17, 15) is 9.59 Å². The summed E-state index contributed by atoms with van der Waals surface area (Å²) >= 11 is 0. The standard InChI is InChI=1S/C26H33N3O2/c1-27-20-23(19-25(27)30)26(31)29(24-11-6-3-7-12-24)16-8-15-28-17-13-22(14-18-28)21-9-4-2-5-10-21/h2-7,9-12,22-23H,8,13-20H2,1H3. The zero-order chi connectivity index (χ0) is 21.6. The maximum absolute atomic E-state index is 13.3. The molecule has 0 radical (unpaired) electrons. The Morgan fingerprint density at radius 2 is 1.65 bits per heavy atom. The van der Waals surface area contributed by atoms with Crippen LogP contribution in [0.1, 0.15) is 37.2 Å². The van der Waals surface area contributed by atoms with Gasteiger partial charge in [0, 0.05) is 32.2 Å². The Bertz CT molecular complexity index is 863. The molecule has 0 saturated carbocycles. The number of carbonyl (C=O) groups is 2. The van der Waals surface area contributed by atoms with Crippen molar-refractivity contribution in [3.05, 3.63) is 66.2 Å². The van der Waals surface area contributed by atoms with E-state index < -0.39 is 0 Å². The van der Waals surface area contributed by atoms with Crippen LogP contribution in [0.5, 0.6) is 0 Å². The molecule has 2 amide bonds. The summed E-state index contributed by atoms with van der Waals surface area (Å²) in [5, 5.41) is 0. The molecular formula is C26H33N3O2. The SMILES string of the molecule is CN1CC(C(=O)N(CCCN2CCC(c3ccccc3)CC2)c2ccccc2)CC1=O. The molecule has 2 aliphatic heterocycles. The molecule has 0 N–H and O–H groups in total. The third kappa shape index (κ3) is 5.34. The maximum Gasteiger partial charge on any atom is 0.232 e. The van der Waals surface area contributed by atoms with Gasteiger partial charge in [0.25, 0.3) is 0 Å². The number of amides is 2. The molecule has 5 nitrogen and oxygen atoms in total. The Kier molecular flexibility index (Phi) is 7.03. The Balaban J connectivity index is 1.31. The summed E-state index contributed by atoms with van der Waals surface area (Å²) in [4.78, 5) is 31.3. The number of anilines is 1. The molecule has 2 heterocycles. The van der Waals surface area contributed by atoms with Gasteiger partial charge in [-0.05, 0) is 62.5 Å². The van der Waals surface area contributed by atoms with Crippen LogP contribution >= 0.6 is 0 Å². The predicted molar refractivity (Wildman–Crippen MR) is 124 cm³/mol. The monoisotopic (exact) mass is 419 g/mol. The first-order valence-corrected chi connectivity index (χ1v) is 11.5. The number of para-hydroxylation sites is 1. The number of benzene rings is 2. The van der Waals surface area contributed by atoms with Crippen molar-refractivity contribution in [3.8, 4) is 0 Å². The Morgan fingerprint density at radius 3 is 2.26 bits per heavy atom. The van der Waals surface area contributed by atoms with Crippen molar-refractivity contribution in [2.45, 2.75) is 31.6 Å². The lowest BCUT2D eigenvalue weighted by Crippen LogP contribution is -2.40. The van der Waals surface area contributed by atoms with Crippen molar-refractivity contribution in [3.63, 3.8) is 0 Å². The second kappa shape index (κ2) is 10.1. The van der Waals surface area contributed by atoms with E-state index in [2.05, 4.69) is 35.2 Å². The van der Waals surface area contributed by atoms with Crippen molar-refractivity contribution >= 4 is 17.5 Å². The molecule has 5 heteroatoms. The molecule has 0 aromatic heterocycles. The molecular weight excluding hydrogens is 386 g/mol. The van der Waals surface area contributed by atoms with Gasteiger partial charge in [0.05, 0.1) is 5.92 Å². The van der Waals surface area contributed by atoms with Crippen LogP contribution in [0.4, 0.5) is 5.69 Å². The van der Waals surface area contributed by atoms with Gasteiger partial charge in [-0.15, -0.1) is 0 Å². The van der Waals surface area contributed by atoms with Gasteiger partial charge in [0.15, 0.2) is 0 Å². The lowest BCUT2D eigenvalue weighted by Gasteiger charge is -2.33. The fraction of sp³-hybridized carbons (Fsp3) is 0.462. The Labute approximate surface area is 185 Å². The topological polar surface area (TPSA) is 43.9 Å². The molecule has 2 aromatic rings. The Hall–Kier alpha value is -2.66. The van der Waals surface area contributed by atoms with Crippen LogP contribution < -0.4 is 4.90 Å². The van der Waals surface area contributed by atoms with E-state index in [1.54, 1.807) is 11.9 Å². The van der Waals surface area contributed by atoms with E-state index in [4.69, 9.17) is 0 Å². The molecule has 0 spiro atoms. The van der Waals surface area contributed by atoms with E-state index >= 15 is 0 Å². The molecule has 0 bridgehead atoms. The first-order chi connectivity index (χ1) is 15.1. The first-order valence-electron chi connectivity index (χ1n) is 11.5. The van der Waals surface area contributed by atoms with E-state index in [-0.39, 0.29) is 17.7 Å². The van der Waals surface area contributed by atoms with Crippen molar-refractivity contribution in [1.29, 1.82) is 0 Å². The van der Waals surface area contributed by atoms with Crippen LogP contribution in [0.3, 0.4) is 0 Å². The van der Waals surface area contributed by atoms with E-state index in [1.807, 2.05) is 35.2 Å². The van der Waals surface area contributed by atoms with Crippen LogP contribution in [0.2, 0.25) is 0 Å². The third-order valence-corrected chi connectivity index (χ3v) is 6.74. The number of nitrogens with zero attached hydrogens (tertiary/aromatic N) is 3. The van der Waals surface area contributed by atoms with E-state index in [0.29, 0.717) is 25.4 Å². The van der Waals surface area contributed by atoms with E-state index in [0.717, 1.165) is 31.7 Å². The lowest BCUT2D eigenvalue weighted by molar-refractivity contribution is -0.127. The number of likely N-dealkylation sites (tertiary alicyclic amines) is 2. The molecule has 2 aromatic carbocycles. The molecule has 2 saturated heterocycles. The van der Waals surface area contributed by atoms with Crippen molar-refractivity contribution in [2.75, 3.05) is 44.7 Å². The maximum atomic E-state index is 13.3. The van der Waals surface area contributed by atoms with Crippen molar-refractivity contribution in [2.24, 2.45) is 5.92 Å². The summed E-state index contributed by atoms with van der Waals surface area (Å²) in [5.74, 6) is 0.565. The normalized spacial score (nSPS) is 20.2. The van der Waals surface area contributed by atoms with E-state index in [1.165, 1.54) is 18.4 Å². The van der Waals surface area contributed by atoms with Crippen LogP contribution in [-0.2, 0) is 9.59 Å². The van der Waals surface area contributed by atoms with Gasteiger partial charge < -0.3 is 14.7 Å². The van der Waals surface area contributed by atoms with Gasteiger partial charge in [0.2, 0.25) is 11.8 Å². The number of piperidine rings is 1. The summed E-state index contributed by atoms with van der Waals surface area (Å²) in [6.07, 6.45) is 3.66. The second-order valence-electron chi connectivity index (χ2n) is 8.88. The van der Waals surface area contributed by atoms with Crippen LogP contribution in [-0.4, -0.2) is 61.4 Å². The molecule has 1 unspecified atom stereocenters. The minimum absolute atomic E-state index is 0.0626. The summed E-state index contributed by atoms with van der Waals surface area (Å²) in [5.41, 5.74) is 2.39. The van der Waals surface area contributed by atoms with Crippen LogP contribution in [0.15, 0.2) is 60.7 Å². The highest BCUT2D eigenvalue weighted by atomic mass is 16.2. The smallest absolute Gasteiger partial charge is 0.232 e. The molecule has 2 fully saturated rings. The van der Waals surface area contributed by atoms with Crippen LogP contribution in [0, 0.1) is 5.92 Å². The number of rotatable bonds is 7. The van der Waals surface area contributed by atoms with Crippen molar-refractivity contribution in [1.82, 2.24) is 9.80 Å². The summed E-state index contributed by atoms with van der Waals surface area (Å²) in [6, 6.07) is 20.7. The Morgan fingerprint density at radius 1 is 1.00 bits per heavy atom. The molecule has 0 aliphatic carbocycles. The minimum Gasteiger partial charge on any atom is -0.345 e. The van der Waals surface area contributed by atoms with Gasteiger partial charge in [-0.3, -0.25) is 9.59 Å². The largest absolute Gasteiger partial charge is 0.345 e. The molecule has 2 aliphatic rings. The summed E-state index contributed by atoms with van der Waals surface area (Å²) < 4.78 is 0. The average molecular weight is 420 g/mol. The fourth-order valence-corrected chi connectivity index (χ4v) is 4.89. The second-order valence-corrected chi connectivity index (χ2v) is 8.88. The third-order valence-electron chi connectivity index (χ3n) is 6.74.